The average Bonchev–Trinajstić information content (AvgIpc) is 3.02. The van der Waals surface area contributed by atoms with E-state index in [0.717, 1.165) is 11.8 Å². The highest BCUT2D eigenvalue weighted by molar-refractivity contribution is 6.34. The van der Waals surface area contributed by atoms with Crippen LogP contribution in [0.4, 0.5) is 24.7 Å². The van der Waals surface area contributed by atoms with Crippen molar-refractivity contribution >= 4 is 34.7 Å². The Hall–Kier alpha value is -2.52. The van der Waals surface area contributed by atoms with Crippen LogP contribution < -0.4 is 10.6 Å². The normalized spacial score (nSPS) is 11.5. The zero-order valence-corrected chi connectivity index (χ0v) is 16.3. The van der Waals surface area contributed by atoms with Crippen LogP contribution in [0.1, 0.15) is 11.3 Å². The minimum atomic E-state index is -4.48. The topological polar surface area (TPSA) is 67.7 Å². The third-order valence-electron chi connectivity index (χ3n) is 3.93. The number of nitrogens with one attached hydrogen (secondary N) is 2. The zero-order chi connectivity index (χ0) is 20.5. The summed E-state index contributed by atoms with van der Waals surface area (Å²) in [5, 5.41) is 6.20. The van der Waals surface area contributed by atoms with Gasteiger partial charge in [-0.3, -0.25) is 0 Å². The first kappa shape index (κ1) is 20.2. The zero-order valence-electron chi connectivity index (χ0n) is 14.8. The average molecular weight is 431 g/mol. The first-order valence-corrected chi connectivity index (χ1v) is 8.79. The van der Waals surface area contributed by atoms with Gasteiger partial charge in [-0.15, -0.1) is 0 Å². The minimum Gasteiger partial charge on any atom is -0.383 e. The smallest absolute Gasteiger partial charge is 0.383 e. The fraction of sp³-hybridized carbons (Fsp3) is 0.235. The van der Waals surface area contributed by atoms with E-state index in [0.29, 0.717) is 23.6 Å². The lowest BCUT2D eigenvalue weighted by Gasteiger charge is -2.12. The lowest BCUT2D eigenvalue weighted by atomic mass is 10.1. The summed E-state index contributed by atoms with van der Waals surface area (Å²) in [5.41, 5.74) is 1.04. The summed E-state index contributed by atoms with van der Waals surface area (Å²) in [6.07, 6.45) is -3.52. The van der Waals surface area contributed by atoms with Crippen molar-refractivity contribution < 1.29 is 13.2 Å². The molecule has 0 fully saturated rings. The standard InChI is InChI=1S/C17H15Cl2F3N6/c1-23-12-13(18)26-16(19)27-14(12)24-7-9-3-5-10(6-4-9)15-25-11(8-28(15)2)17(20,21)22/h3-6,8,23H,7H2,1-2H3,(H,24,26,27). The Morgan fingerprint density at radius 1 is 1.07 bits per heavy atom. The van der Waals surface area contributed by atoms with Gasteiger partial charge in [0.05, 0.1) is 0 Å². The van der Waals surface area contributed by atoms with Crippen molar-refractivity contribution in [3.05, 3.63) is 52.2 Å². The van der Waals surface area contributed by atoms with Gasteiger partial charge in [0.2, 0.25) is 5.28 Å². The van der Waals surface area contributed by atoms with Gasteiger partial charge in [0.15, 0.2) is 16.7 Å². The molecule has 2 aromatic heterocycles. The van der Waals surface area contributed by atoms with Crippen molar-refractivity contribution in [1.82, 2.24) is 19.5 Å². The summed E-state index contributed by atoms with van der Waals surface area (Å²) in [6, 6.07) is 6.98. The maximum absolute atomic E-state index is 12.8. The minimum absolute atomic E-state index is 0.0112. The lowest BCUT2D eigenvalue weighted by molar-refractivity contribution is -0.140. The third kappa shape index (κ3) is 4.31. The van der Waals surface area contributed by atoms with Crippen LogP contribution in [0.3, 0.4) is 0 Å². The van der Waals surface area contributed by atoms with Crippen LogP contribution in [-0.4, -0.2) is 26.6 Å². The molecule has 0 spiro atoms. The number of imidazole rings is 1. The molecule has 0 aliphatic heterocycles. The summed E-state index contributed by atoms with van der Waals surface area (Å²) in [5.74, 6) is 0.675. The van der Waals surface area contributed by atoms with Gasteiger partial charge in [0, 0.05) is 32.4 Å². The molecular weight excluding hydrogens is 416 g/mol. The third-order valence-corrected chi connectivity index (χ3v) is 4.37. The van der Waals surface area contributed by atoms with E-state index in [4.69, 9.17) is 23.2 Å². The fourth-order valence-corrected chi connectivity index (χ4v) is 3.06. The van der Waals surface area contributed by atoms with Crippen LogP contribution in [-0.2, 0) is 19.8 Å². The van der Waals surface area contributed by atoms with Gasteiger partial charge in [0.25, 0.3) is 0 Å². The lowest BCUT2D eigenvalue weighted by Crippen LogP contribution is -2.06. The second-order valence-corrected chi connectivity index (χ2v) is 6.56. The van der Waals surface area contributed by atoms with Crippen molar-refractivity contribution in [3.63, 3.8) is 0 Å². The predicted molar refractivity (Wildman–Crippen MR) is 103 cm³/mol. The van der Waals surface area contributed by atoms with Crippen molar-refractivity contribution in [2.45, 2.75) is 12.7 Å². The Balaban J connectivity index is 1.77. The molecule has 2 heterocycles. The Labute approximate surface area is 168 Å². The number of hydrogen-bond acceptors (Lipinski definition) is 5. The molecule has 0 radical (unpaired) electrons. The highest BCUT2D eigenvalue weighted by Gasteiger charge is 2.34. The summed E-state index contributed by atoms with van der Waals surface area (Å²) >= 11 is 11.9. The summed E-state index contributed by atoms with van der Waals surface area (Å²) in [6.45, 7) is 0.396. The number of halogens is 5. The number of benzene rings is 1. The van der Waals surface area contributed by atoms with Gasteiger partial charge in [-0.25, -0.2) is 9.97 Å². The van der Waals surface area contributed by atoms with Crippen molar-refractivity contribution in [1.29, 1.82) is 0 Å². The molecule has 2 N–H and O–H groups in total. The molecular formula is C17H15Cl2F3N6. The van der Waals surface area contributed by atoms with Gasteiger partial charge in [-0.2, -0.15) is 18.2 Å². The molecule has 0 amide bonds. The molecule has 148 valence electrons. The number of aryl methyl sites for hydroxylation is 1. The highest BCUT2D eigenvalue weighted by atomic mass is 35.5. The van der Waals surface area contributed by atoms with E-state index in [1.165, 1.54) is 11.6 Å². The van der Waals surface area contributed by atoms with E-state index >= 15 is 0 Å². The fourth-order valence-electron chi connectivity index (χ4n) is 2.59. The molecule has 1 aromatic carbocycles. The van der Waals surface area contributed by atoms with E-state index in [1.807, 2.05) is 0 Å². The molecule has 28 heavy (non-hydrogen) atoms. The summed E-state index contributed by atoms with van der Waals surface area (Å²) in [7, 11) is 3.20. The highest BCUT2D eigenvalue weighted by Crippen LogP contribution is 2.31. The molecule has 0 atom stereocenters. The molecule has 0 saturated heterocycles. The Morgan fingerprint density at radius 2 is 1.75 bits per heavy atom. The van der Waals surface area contributed by atoms with Crippen molar-refractivity contribution in [3.8, 4) is 11.4 Å². The molecule has 3 aromatic rings. The SMILES string of the molecule is CNc1c(Cl)nc(Cl)nc1NCc1ccc(-c2nc(C(F)(F)F)cn2C)cc1. The Kier molecular flexibility index (Phi) is 5.66. The van der Waals surface area contributed by atoms with Crippen LogP contribution in [0.2, 0.25) is 10.4 Å². The Bertz CT molecular complexity index is 986. The van der Waals surface area contributed by atoms with Crippen LogP contribution in [0.15, 0.2) is 30.5 Å². The first-order valence-electron chi connectivity index (χ1n) is 8.03. The van der Waals surface area contributed by atoms with E-state index in [2.05, 4.69) is 25.6 Å². The monoisotopic (exact) mass is 430 g/mol. The van der Waals surface area contributed by atoms with E-state index < -0.39 is 11.9 Å². The molecule has 11 heteroatoms. The van der Waals surface area contributed by atoms with Crippen LogP contribution in [0, 0.1) is 0 Å². The number of anilines is 2. The number of aromatic nitrogens is 4. The maximum atomic E-state index is 12.8. The largest absolute Gasteiger partial charge is 0.434 e. The predicted octanol–water partition coefficient (Wildman–Crippen LogP) is 4.86. The number of alkyl halides is 3. The first-order chi connectivity index (χ1) is 13.2. The van der Waals surface area contributed by atoms with Gasteiger partial charge in [-0.1, -0.05) is 35.9 Å². The van der Waals surface area contributed by atoms with E-state index in [1.54, 1.807) is 31.3 Å². The number of rotatable bonds is 5. The summed E-state index contributed by atoms with van der Waals surface area (Å²) in [4.78, 5) is 11.6. The van der Waals surface area contributed by atoms with Crippen LogP contribution >= 0.6 is 23.2 Å². The van der Waals surface area contributed by atoms with E-state index in [-0.39, 0.29) is 16.3 Å². The van der Waals surface area contributed by atoms with Crippen LogP contribution in [0.25, 0.3) is 11.4 Å². The van der Waals surface area contributed by atoms with E-state index in [9.17, 15) is 13.2 Å². The summed E-state index contributed by atoms with van der Waals surface area (Å²) < 4.78 is 39.8. The second kappa shape index (κ2) is 7.84. The second-order valence-electron chi connectivity index (χ2n) is 5.87. The number of hydrogen-bond donors (Lipinski definition) is 2. The van der Waals surface area contributed by atoms with Gasteiger partial charge in [-0.05, 0) is 17.2 Å². The van der Waals surface area contributed by atoms with Gasteiger partial charge >= 0.3 is 6.18 Å². The quantitative estimate of drug-likeness (QED) is 0.446. The number of nitrogens with zero attached hydrogens (tertiary/aromatic N) is 4. The van der Waals surface area contributed by atoms with Crippen molar-refractivity contribution in [2.75, 3.05) is 17.7 Å². The maximum Gasteiger partial charge on any atom is 0.434 e. The Morgan fingerprint density at radius 3 is 2.32 bits per heavy atom. The van der Waals surface area contributed by atoms with Crippen LogP contribution in [0.5, 0.6) is 0 Å². The molecule has 0 aliphatic carbocycles. The molecule has 3 rings (SSSR count). The van der Waals surface area contributed by atoms with Gasteiger partial charge < -0.3 is 15.2 Å². The molecule has 0 aliphatic rings. The van der Waals surface area contributed by atoms with Crippen molar-refractivity contribution in [2.24, 2.45) is 7.05 Å². The molecule has 0 unspecified atom stereocenters. The molecule has 0 bridgehead atoms. The van der Waals surface area contributed by atoms with Gasteiger partial charge in [0.1, 0.15) is 11.5 Å². The molecule has 6 nitrogen and oxygen atoms in total. The molecule has 0 saturated carbocycles.